The van der Waals surface area contributed by atoms with E-state index in [1.807, 2.05) is 13.8 Å². The van der Waals surface area contributed by atoms with Gasteiger partial charge in [0.15, 0.2) is 17.5 Å². The number of nitrogens with one attached hydrogen (secondary N) is 1. The molecule has 0 saturated carbocycles. The minimum absolute atomic E-state index is 0.0740. The Hall–Kier alpha value is -1.56. The van der Waals surface area contributed by atoms with Crippen LogP contribution in [0.15, 0.2) is 12.1 Å². The molecule has 1 aromatic carbocycles. The molecule has 0 heterocycles. The molecule has 0 spiro atoms. The van der Waals surface area contributed by atoms with E-state index in [0.29, 0.717) is 12.5 Å². The van der Waals surface area contributed by atoms with Crippen molar-refractivity contribution in [1.82, 2.24) is 5.32 Å². The molecule has 3 nitrogen and oxygen atoms in total. The SMILES string of the molecule is CC(C)CC(O)CNC(=O)c1ccc(F)c(F)c1F. The summed E-state index contributed by atoms with van der Waals surface area (Å²) < 4.78 is 38.9. The van der Waals surface area contributed by atoms with Crippen LogP contribution in [0.25, 0.3) is 0 Å². The maximum Gasteiger partial charge on any atom is 0.254 e. The quantitative estimate of drug-likeness (QED) is 0.810. The highest BCUT2D eigenvalue weighted by Crippen LogP contribution is 2.15. The third-order valence-corrected chi connectivity index (χ3v) is 2.52. The Morgan fingerprint density at radius 3 is 2.47 bits per heavy atom. The van der Waals surface area contributed by atoms with Crippen molar-refractivity contribution in [3.05, 3.63) is 35.1 Å². The molecule has 1 atom stereocenters. The van der Waals surface area contributed by atoms with E-state index in [0.717, 1.165) is 6.07 Å². The standard InChI is InChI=1S/C13H16F3NO2/c1-7(2)5-8(18)6-17-13(19)9-3-4-10(14)12(16)11(9)15/h3-4,7-8,18H,5-6H2,1-2H3,(H,17,19). The van der Waals surface area contributed by atoms with E-state index in [-0.39, 0.29) is 12.5 Å². The summed E-state index contributed by atoms with van der Waals surface area (Å²) in [5.41, 5.74) is -0.587. The van der Waals surface area contributed by atoms with Gasteiger partial charge >= 0.3 is 0 Å². The van der Waals surface area contributed by atoms with E-state index in [4.69, 9.17) is 0 Å². The number of rotatable bonds is 5. The first-order valence-electron chi connectivity index (χ1n) is 5.92. The predicted octanol–water partition coefficient (Wildman–Crippen LogP) is 2.24. The predicted molar refractivity (Wildman–Crippen MR) is 64.1 cm³/mol. The first-order valence-corrected chi connectivity index (χ1v) is 5.92. The van der Waals surface area contributed by atoms with Crippen LogP contribution in [0, 0.1) is 23.4 Å². The summed E-state index contributed by atoms with van der Waals surface area (Å²) in [4.78, 5) is 11.6. The molecular formula is C13H16F3NO2. The fourth-order valence-corrected chi connectivity index (χ4v) is 1.63. The van der Waals surface area contributed by atoms with Crippen LogP contribution in [0.2, 0.25) is 0 Å². The maximum absolute atomic E-state index is 13.3. The lowest BCUT2D eigenvalue weighted by molar-refractivity contribution is 0.0895. The Labute approximate surface area is 109 Å². The van der Waals surface area contributed by atoms with Gasteiger partial charge in [0.2, 0.25) is 0 Å². The number of aliphatic hydroxyl groups is 1. The zero-order valence-electron chi connectivity index (χ0n) is 10.7. The molecule has 106 valence electrons. The molecule has 6 heteroatoms. The van der Waals surface area contributed by atoms with Crippen LogP contribution in [-0.4, -0.2) is 23.7 Å². The van der Waals surface area contributed by atoms with Crippen molar-refractivity contribution in [2.24, 2.45) is 5.92 Å². The number of carbonyl (C=O) groups is 1. The Morgan fingerprint density at radius 1 is 1.26 bits per heavy atom. The third-order valence-electron chi connectivity index (χ3n) is 2.52. The van der Waals surface area contributed by atoms with Gasteiger partial charge in [0.25, 0.3) is 5.91 Å². The van der Waals surface area contributed by atoms with Crippen LogP contribution in [-0.2, 0) is 0 Å². The first kappa shape index (κ1) is 15.5. The van der Waals surface area contributed by atoms with Crippen molar-refractivity contribution in [2.75, 3.05) is 6.54 Å². The van der Waals surface area contributed by atoms with Gasteiger partial charge in [-0.15, -0.1) is 0 Å². The van der Waals surface area contributed by atoms with Crippen molar-refractivity contribution < 1.29 is 23.1 Å². The molecule has 0 bridgehead atoms. The molecule has 0 aliphatic rings. The average Bonchev–Trinajstić information content (AvgIpc) is 2.32. The Bertz CT molecular complexity index is 463. The van der Waals surface area contributed by atoms with E-state index < -0.39 is 35.0 Å². The number of aliphatic hydroxyl groups excluding tert-OH is 1. The zero-order valence-corrected chi connectivity index (χ0v) is 10.7. The van der Waals surface area contributed by atoms with Crippen molar-refractivity contribution in [3.63, 3.8) is 0 Å². The number of benzene rings is 1. The lowest BCUT2D eigenvalue weighted by Crippen LogP contribution is -2.33. The summed E-state index contributed by atoms with van der Waals surface area (Å²) in [6.45, 7) is 3.73. The summed E-state index contributed by atoms with van der Waals surface area (Å²) >= 11 is 0. The monoisotopic (exact) mass is 275 g/mol. The highest BCUT2D eigenvalue weighted by Gasteiger charge is 2.19. The van der Waals surface area contributed by atoms with Gasteiger partial charge in [-0.2, -0.15) is 0 Å². The second kappa shape index (κ2) is 6.56. The van der Waals surface area contributed by atoms with E-state index >= 15 is 0 Å². The fraction of sp³-hybridized carbons (Fsp3) is 0.462. The highest BCUT2D eigenvalue weighted by atomic mass is 19.2. The molecule has 1 aromatic rings. The highest BCUT2D eigenvalue weighted by molar-refractivity contribution is 5.94. The molecule has 2 N–H and O–H groups in total. The van der Waals surface area contributed by atoms with Gasteiger partial charge in [-0.05, 0) is 24.5 Å². The van der Waals surface area contributed by atoms with E-state index in [9.17, 15) is 23.1 Å². The second-order valence-corrected chi connectivity index (χ2v) is 4.72. The molecule has 0 aliphatic carbocycles. The topological polar surface area (TPSA) is 49.3 Å². The second-order valence-electron chi connectivity index (χ2n) is 4.72. The summed E-state index contributed by atoms with van der Waals surface area (Å²) in [6, 6.07) is 1.54. The molecule has 0 radical (unpaired) electrons. The van der Waals surface area contributed by atoms with Crippen LogP contribution in [0.4, 0.5) is 13.2 Å². The minimum atomic E-state index is -1.68. The van der Waals surface area contributed by atoms with Gasteiger partial charge in [0.1, 0.15) is 0 Å². The maximum atomic E-state index is 13.3. The lowest BCUT2D eigenvalue weighted by Gasteiger charge is -2.14. The van der Waals surface area contributed by atoms with Crippen molar-refractivity contribution >= 4 is 5.91 Å². The molecule has 1 unspecified atom stereocenters. The van der Waals surface area contributed by atoms with Crippen LogP contribution in [0.5, 0.6) is 0 Å². The van der Waals surface area contributed by atoms with Crippen LogP contribution >= 0.6 is 0 Å². The molecule has 19 heavy (non-hydrogen) atoms. The van der Waals surface area contributed by atoms with Crippen LogP contribution in [0.1, 0.15) is 30.6 Å². The summed E-state index contributed by atoms with van der Waals surface area (Å²) in [7, 11) is 0. The summed E-state index contributed by atoms with van der Waals surface area (Å²) in [5, 5.41) is 11.8. The normalized spacial score (nSPS) is 12.6. The molecule has 0 fully saturated rings. The van der Waals surface area contributed by atoms with Gasteiger partial charge in [-0.25, -0.2) is 13.2 Å². The molecular weight excluding hydrogens is 259 g/mol. The lowest BCUT2D eigenvalue weighted by atomic mass is 10.1. The van der Waals surface area contributed by atoms with Crippen molar-refractivity contribution in [3.8, 4) is 0 Å². The largest absolute Gasteiger partial charge is 0.391 e. The van der Waals surface area contributed by atoms with E-state index in [2.05, 4.69) is 5.32 Å². The van der Waals surface area contributed by atoms with Gasteiger partial charge in [-0.1, -0.05) is 13.8 Å². The Balaban J connectivity index is 2.67. The molecule has 1 amide bonds. The van der Waals surface area contributed by atoms with Crippen LogP contribution in [0.3, 0.4) is 0 Å². The fourth-order valence-electron chi connectivity index (χ4n) is 1.63. The molecule has 0 aliphatic heterocycles. The zero-order chi connectivity index (χ0) is 14.6. The number of amides is 1. The number of carbonyl (C=O) groups excluding carboxylic acids is 1. The van der Waals surface area contributed by atoms with E-state index in [1.54, 1.807) is 0 Å². The average molecular weight is 275 g/mol. The molecule has 1 rings (SSSR count). The molecule has 0 aromatic heterocycles. The number of hydrogen-bond acceptors (Lipinski definition) is 2. The van der Waals surface area contributed by atoms with Gasteiger partial charge in [-0.3, -0.25) is 4.79 Å². The van der Waals surface area contributed by atoms with Crippen molar-refractivity contribution in [2.45, 2.75) is 26.4 Å². The van der Waals surface area contributed by atoms with Gasteiger partial charge < -0.3 is 10.4 Å². The first-order chi connectivity index (χ1) is 8.82. The van der Waals surface area contributed by atoms with Gasteiger partial charge in [0, 0.05) is 6.54 Å². The van der Waals surface area contributed by atoms with Crippen molar-refractivity contribution in [1.29, 1.82) is 0 Å². The van der Waals surface area contributed by atoms with Crippen LogP contribution < -0.4 is 5.32 Å². The smallest absolute Gasteiger partial charge is 0.254 e. The van der Waals surface area contributed by atoms with E-state index in [1.165, 1.54) is 0 Å². The number of halogens is 3. The minimum Gasteiger partial charge on any atom is -0.391 e. The molecule has 0 saturated heterocycles. The van der Waals surface area contributed by atoms with Gasteiger partial charge in [0.05, 0.1) is 11.7 Å². The Morgan fingerprint density at radius 2 is 1.89 bits per heavy atom. The summed E-state index contributed by atoms with van der Waals surface area (Å²) in [6.07, 6.45) is -0.294. The number of hydrogen-bond donors (Lipinski definition) is 2. The summed E-state index contributed by atoms with van der Waals surface area (Å²) in [5.74, 6) is -5.22. The Kier molecular flexibility index (Phi) is 5.35. The third kappa shape index (κ3) is 4.24.